The lowest BCUT2D eigenvalue weighted by Gasteiger charge is -2.03. The maximum Gasteiger partial charge on any atom is 0.0552 e. The predicted octanol–water partition coefficient (Wildman–Crippen LogP) is 3.32. The van der Waals surface area contributed by atoms with Gasteiger partial charge in [0.2, 0.25) is 0 Å². The largest absolute Gasteiger partial charge is 0.200 e. The number of alkyl halides is 1. The van der Waals surface area contributed by atoms with Gasteiger partial charge in [0.25, 0.3) is 0 Å². The Morgan fingerprint density at radius 3 is 3.00 bits per heavy atom. The van der Waals surface area contributed by atoms with E-state index < -0.39 is 0 Å². The molecule has 0 spiro atoms. The molecule has 1 rings (SSSR count). The summed E-state index contributed by atoms with van der Waals surface area (Å²) in [6, 6.07) is 0. The van der Waals surface area contributed by atoms with E-state index in [2.05, 4.69) is 27.2 Å². The third-order valence-corrected chi connectivity index (χ3v) is 3.68. The van der Waals surface area contributed by atoms with Crippen LogP contribution in [0.1, 0.15) is 11.8 Å². The van der Waals surface area contributed by atoms with E-state index in [-0.39, 0.29) is 0 Å². The van der Waals surface area contributed by atoms with Crippen molar-refractivity contribution < 1.29 is 0 Å². The van der Waals surface area contributed by atoms with Crippen LogP contribution < -0.4 is 0 Å². The minimum Gasteiger partial charge on any atom is -0.200 e. The van der Waals surface area contributed by atoms with Crippen LogP contribution in [-0.4, -0.2) is 10.3 Å². The van der Waals surface area contributed by atoms with Gasteiger partial charge < -0.3 is 0 Å². The molecule has 0 fully saturated rings. The second-order valence-corrected chi connectivity index (χ2v) is 4.61. The predicted molar refractivity (Wildman–Crippen MR) is 53.4 cm³/mol. The van der Waals surface area contributed by atoms with Gasteiger partial charge in [0, 0.05) is 10.8 Å². The van der Waals surface area contributed by atoms with Gasteiger partial charge in [-0.1, -0.05) is 6.92 Å². The lowest BCUT2D eigenvalue weighted by Crippen LogP contribution is -1.99. The van der Waals surface area contributed by atoms with Gasteiger partial charge in [-0.25, -0.2) is 0 Å². The van der Waals surface area contributed by atoms with Crippen molar-refractivity contribution in [3.8, 4) is 0 Å². The van der Waals surface area contributed by atoms with E-state index in [0.29, 0.717) is 11.8 Å². The minimum absolute atomic E-state index is 0.536. The SMILES string of the molecule is CC(CCl)Cc1sncc1Br. The van der Waals surface area contributed by atoms with Crippen molar-refractivity contribution in [3.05, 3.63) is 15.5 Å². The van der Waals surface area contributed by atoms with E-state index in [1.807, 2.05) is 6.20 Å². The van der Waals surface area contributed by atoms with Gasteiger partial charge in [-0.2, -0.15) is 4.37 Å². The Morgan fingerprint density at radius 1 is 1.82 bits per heavy atom. The highest BCUT2D eigenvalue weighted by Gasteiger charge is 2.07. The summed E-state index contributed by atoms with van der Waals surface area (Å²) in [5.74, 6) is 1.25. The summed E-state index contributed by atoms with van der Waals surface area (Å²) in [5.41, 5.74) is 0. The first kappa shape index (κ1) is 9.49. The van der Waals surface area contributed by atoms with Crippen molar-refractivity contribution in [1.82, 2.24) is 4.37 Å². The first-order valence-electron chi connectivity index (χ1n) is 3.39. The maximum atomic E-state index is 5.69. The first-order chi connectivity index (χ1) is 5.24. The highest BCUT2D eigenvalue weighted by molar-refractivity contribution is 9.10. The smallest absolute Gasteiger partial charge is 0.0552 e. The number of hydrogen-bond donors (Lipinski definition) is 0. The minimum atomic E-state index is 0.536. The molecular formula is C7H9BrClNS. The number of hydrogen-bond acceptors (Lipinski definition) is 2. The Balaban J connectivity index is 2.56. The summed E-state index contributed by atoms with van der Waals surface area (Å²) >= 11 is 10.7. The zero-order chi connectivity index (χ0) is 8.27. The van der Waals surface area contributed by atoms with Crippen molar-refractivity contribution in [2.24, 2.45) is 5.92 Å². The molecule has 0 aromatic carbocycles. The van der Waals surface area contributed by atoms with Crippen molar-refractivity contribution in [2.75, 3.05) is 5.88 Å². The fourth-order valence-corrected chi connectivity index (χ4v) is 2.27. The second kappa shape index (κ2) is 4.43. The number of nitrogens with zero attached hydrogens (tertiary/aromatic N) is 1. The van der Waals surface area contributed by atoms with E-state index in [1.54, 1.807) is 0 Å². The summed E-state index contributed by atoms with van der Waals surface area (Å²) in [6.45, 7) is 2.14. The lowest BCUT2D eigenvalue weighted by atomic mass is 10.1. The van der Waals surface area contributed by atoms with Crippen LogP contribution in [0.3, 0.4) is 0 Å². The summed E-state index contributed by atoms with van der Waals surface area (Å²) < 4.78 is 5.17. The highest BCUT2D eigenvalue weighted by atomic mass is 79.9. The van der Waals surface area contributed by atoms with Gasteiger partial charge >= 0.3 is 0 Å². The molecule has 0 aliphatic carbocycles. The number of rotatable bonds is 3. The van der Waals surface area contributed by atoms with Crippen LogP contribution in [0, 0.1) is 5.92 Å². The highest BCUT2D eigenvalue weighted by Crippen LogP contribution is 2.23. The average Bonchev–Trinajstić information content (AvgIpc) is 2.37. The van der Waals surface area contributed by atoms with E-state index in [1.165, 1.54) is 16.4 Å². The maximum absolute atomic E-state index is 5.69. The first-order valence-corrected chi connectivity index (χ1v) is 5.49. The quantitative estimate of drug-likeness (QED) is 0.754. The van der Waals surface area contributed by atoms with Crippen LogP contribution in [0.15, 0.2) is 10.7 Å². The van der Waals surface area contributed by atoms with Crippen molar-refractivity contribution in [3.63, 3.8) is 0 Å². The normalized spacial score (nSPS) is 13.4. The van der Waals surface area contributed by atoms with Crippen LogP contribution in [0.2, 0.25) is 0 Å². The van der Waals surface area contributed by atoms with Crippen molar-refractivity contribution >= 4 is 39.1 Å². The van der Waals surface area contributed by atoms with Crippen LogP contribution in [-0.2, 0) is 6.42 Å². The van der Waals surface area contributed by atoms with Crippen LogP contribution in [0.5, 0.6) is 0 Å². The molecular weight excluding hydrogens is 246 g/mol. The summed E-state index contributed by atoms with van der Waals surface area (Å²) in [6.07, 6.45) is 2.86. The van der Waals surface area contributed by atoms with E-state index in [9.17, 15) is 0 Å². The van der Waals surface area contributed by atoms with Crippen molar-refractivity contribution in [2.45, 2.75) is 13.3 Å². The van der Waals surface area contributed by atoms with Gasteiger partial charge in [0.05, 0.1) is 10.7 Å². The Morgan fingerprint density at radius 2 is 2.55 bits per heavy atom. The summed E-state index contributed by atoms with van der Waals surface area (Å²) in [7, 11) is 0. The van der Waals surface area contributed by atoms with Gasteiger partial charge in [-0.05, 0) is 39.8 Å². The molecule has 1 heterocycles. The third kappa shape index (κ3) is 2.73. The molecule has 1 atom stereocenters. The monoisotopic (exact) mass is 253 g/mol. The second-order valence-electron chi connectivity index (χ2n) is 2.56. The molecule has 0 saturated heterocycles. The summed E-state index contributed by atoms with van der Waals surface area (Å²) in [4.78, 5) is 1.29. The Labute approximate surface area is 84.1 Å². The number of aromatic nitrogens is 1. The van der Waals surface area contributed by atoms with Gasteiger partial charge in [0.15, 0.2) is 0 Å². The fourth-order valence-electron chi connectivity index (χ4n) is 0.758. The Kier molecular flexibility index (Phi) is 3.82. The molecule has 1 unspecified atom stereocenters. The molecule has 62 valence electrons. The fraction of sp³-hybridized carbons (Fsp3) is 0.571. The zero-order valence-corrected chi connectivity index (χ0v) is 9.34. The molecule has 0 amide bonds. The Hall–Kier alpha value is 0.400. The van der Waals surface area contributed by atoms with Crippen LogP contribution in [0.25, 0.3) is 0 Å². The van der Waals surface area contributed by atoms with E-state index in [4.69, 9.17) is 11.6 Å². The van der Waals surface area contributed by atoms with Gasteiger partial charge in [-0.15, -0.1) is 11.6 Å². The molecule has 1 aromatic heterocycles. The zero-order valence-electron chi connectivity index (χ0n) is 6.18. The summed E-state index contributed by atoms with van der Waals surface area (Å²) in [5, 5.41) is 0. The van der Waals surface area contributed by atoms with Crippen LogP contribution in [0.4, 0.5) is 0 Å². The molecule has 0 radical (unpaired) electrons. The Bertz CT molecular complexity index is 226. The molecule has 0 aliphatic heterocycles. The molecule has 0 aliphatic rings. The lowest BCUT2D eigenvalue weighted by molar-refractivity contribution is 0.660. The van der Waals surface area contributed by atoms with Gasteiger partial charge in [0.1, 0.15) is 0 Å². The molecule has 1 aromatic rings. The van der Waals surface area contributed by atoms with Crippen molar-refractivity contribution in [1.29, 1.82) is 0 Å². The molecule has 11 heavy (non-hydrogen) atoms. The number of halogens is 2. The third-order valence-electron chi connectivity index (χ3n) is 1.39. The average molecular weight is 255 g/mol. The molecule has 1 nitrogen and oxygen atoms in total. The van der Waals surface area contributed by atoms with E-state index >= 15 is 0 Å². The topological polar surface area (TPSA) is 12.9 Å². The standard InChI is InChI=1S/C7H9BrClNS/c1-5(3-9)2-7-6(8)4-10-11-7/h4-5H,2-3H2,1H3. The molecule has 0 N–H and O–H groups in total. The van der Waals surface area contributed by atoms with Crippen LogP contribution >= 0.6 is 39.1 Å². The van der Waals surface area contributed by atoms with E-state index in [0.717, 1.165) is 10.9 Å². The molecule has 0 bridgehead atoms. The molecule has 0 saturated carbocycles. The van der Waals surface area contributed by atoms with Gasteiger partial charge in [-0.3, -0.25) is 0 Å². The molecule has 4 heteroatoms.